The summed E-state index contributed by atoms with van der Waals surface area (Å²) in [6, 6.07) is 10.5. The number of nitrogens with one attached hydrogen (secondary N) is 1. The molecule has 1 N–H and O–H groups in total. The Bertz CT molecular complexity index is 1010. The fourth-order valence-corrected chi connectivity index (χ4v) is 5.31. The summed E-state index contributed by atoms with van der Waals surface area (Å²) < 4.78 is 8.62. The number of carbonyl (C=O) groups is 1. The summed E-state index contributed by atoms with van der Waals surface area (Å²) in [5.74, 6) is 0.484. The summed E-state index contributed by atoms with van der Waals surface area (Å²) in [7, 11) is 0. The van der Waals surface area contributed by atoms with Gasteiger partial charge in [-0.25, -0.2) is 0 Å². The smallest absolute Gasteiger partial charge is 0.223 e. The summed E-state index contributed by atoms with van der Waals surface area (Å²) in [4.78, 5) is 19.2. The Morgan fingerprint density at radius 2 is 1.90 bits per heavy atom. The highest BCUT2D eigenvalue weighted by Gasteiger charge is 2.58. The van der Waals surface area contributed by atoms with E-state index in [-0.39, 0.29) is 17.2 Å². The lowest BCUT2D eigenvalue weighted by atomic mass is 9.90. The van der Waals surface area contributed by atoms with Crippen molar-refractivity contribution in [3.8, 4) is 0 Å². The lowest BCUT2D eigenvalue weighted by Gasteiger charge is -2.32. The molecule has 6 nitrogen and oxygen atoms in total. The van der Waals surface area contributed by atoms with Crippen LogP contribution in [0, 0.1) is 11.3 Å². The molecule has 7 heteroatoms. The van der Waals surface area contributed by atoms with Gasteiger partial charge < -0.3 is 5.32 Å². The highest BCUT2D eigenvalue weighted by atomic mass is 32.1. The predicted molar refractivity (Wildman–Crippen MR) is 118 cm³/mol. The second-order valence-electron chi connectivity index (χ2n) is 8.73. The molecular formula is C23H27N5OS. The third-order valence-electron chi connectivity index (χ3n) is 6.77. The maximum Gasteiger partial charge on any atom is 0.223 e. The first-order valence-electron chi connectivity index (χ1n) is 10.8. The Morgan fingerprint density at radius 3 is 2.73 bits per heavy atom. The Labute approximate surface area is 181 Å². The van der Waals surface area contributed by atoms with Gasteiger partial charge in [0.1, 0.15) is 11.0 Å². The SMILES string of the molecule is O=C(NCCCc1ccncc1)C1CC12CCN(Cc1ccc3nsnc3c1)CC2. The molecule has 2 aliphatic rings. The van der Waals surface area contributed by atoms with Gasteiger partial charge >= 0.3 is 0 Å². The molecule has 1 spiro atoms. The van der Waals surface area contributed by atoms with E-state index in [0.717, 1.165) is 69.3 Å². The normalized spacial score (nSPS) is 20.5. The number of aromatic nitrogens is 3. The van der Waals surface area contributed by atoms with E-state index in [1.165, 1.54) is 22.9 Å². The van der Waals surface area contributed by atoms with Crippen LogP contribution in [0.3, 0.4) is 0 Å². The summed E-state index contributed by atoms with van der Waals surface area (Å²) >= 11 is 1.27. The number of amides is 1. The average Bonchev–Trinajstić information content (AvgIpc) is 3.27. The molecule has 30 heavy (non-hydrogen) atoms. The molecule has 5 rings (SSSR count). The third kappa shape index (κ3) is 4.23. The van der Waals surface area contributed by atoms with Crippen LogP contribution in [0.5, 0.6) is 0 Å². The minimum absolute atomic E-state index is 0.220. The number of hydrogen-bond donors (Lipinski definition) is 1. The number of aryl methyl sites for hydroxylation is 1. The Balaban J connectivity index is 1.05. The molecule has 1 unspecified atom stereocenters. The van der Waals surface area contributed by atoms with Crippen molar-refractivity contribution in [3.05, 3.63) is 53.9 Å². The molecule has 1 amide bonds. The fourth-order valence-electron chi connectivity index (χ4n) is 4.79. The zero-order valence-corrected chi connectivity index (χ0v) is 17.9. The number of hydrogen-bond acceptors (Lipinski definition) is 6. The Kier molecular flexibility index (Phi) is 5.48. The molecule has 156 valence electrons. The van der Waals surface area contributed by atoms with Crippen LogP contribution in [0.1, 0.15) is 36.8 Å². The van der Waals surface area contributed by atoms with E-state index in [1.54, 1.807) is 0 Å². The zero-order chi connectivity index (χ0) is 20.4. The standard InChI is InChI=1S/C23H27N5OS/c29-22(25-9-1-2-17-5-10-24-11-6-17)19-15-23(19)7-12-28(13-8-23)16-18-3-4-20-21(14-18)27-30-26-20/h3-6,10-11,14,19H,1-2,7-9,12-13,15-16H2,(H,25,29). The van der Waals surface area contributed by atoms with Crippen LogP contribution in [0.2, 0.25) is 0 Å². The summed E-state index contributed by atoms with van der Waals surface area (Å²) in [6.45, 7) is 3.85. The number of carbonyl (C=O) groups excluding carboxylic acids is 1. The fraction of sp³-hybridized carbons (Fsp3) is 0.478. The summed E-state index contributed by atoms with van der Waals surface area (Å²) in [5.41, 5.74) is 4.81. The number of piperidine rings is 1. The maximum atomic E-state index is 12.6. The van der Waals surface area contributed by atoms with Crippen LogP contribution in [-0.4, -0.2) is 44.2 Å². The van der Waals surface area contributed by atoms with Gasteiger partial charge in [-0.3, -0.25) is 14.7 Å². The lowest BCUT2D eigenvalue weighted by Crippen LogP contribution is -2.37. The van der Waals surface area contributed by atoms with Crippen molar-refractivity contribution in [1.29, 1.82) is 0 Å². The average molecular weight is 422 g/mol. The van der Waals surface area contributed by atoms with E-state index in [4.69, 9.17) is 0 Å². The van der Waals surface area contributed by atoms with Crippen molar-refractivity contribution in [2.75, 3.05) is 19.6 Å². The first kappa shape index (κ1) is 19.6. The first-order valence-corrected chi connectivity index (χ1v) is 11.6. The third-order valence-corrected chi connectivity index (χ3v) is 7.33. The second-order valence-corrected chi connectivity index (χ2v) is 9.26. The number of rotatable bonds is 7. The van der Waals surface area contributed by atoms with Crippen LogP contribution >= 0.6 is 11.7 Å². The minimum atomic E-state index is 0.220. The molecule has 1 atom stereocenters. The molecule has 3 aromatic rings. The van der Waals surface area contributed by atoms with Crippen LogP contribution in [-0.2, 0) is 17.8 Å². The zero-order valence-electron chi connectivity index (χ0n) is 17.1. The van der Waals surface area contributed by atoms with Gasteiger partial charge in [0.05, 0.1) is 11.7 Å². The first-order chi connectivity index (χ1) is 14.7. The molecule has 3 heterocycles. The molecule has 1 aromatic carbocycles. The van der Waals surface area contributed by atoms with Gasteiger partial charge in [-0.15, -0.1) is 0 Å². The van der Waals surface area contributed by atoms with Gasteiger partial charge in [0.25, 0.3) is 0 Å². The van der Waals surface area contributed by atoms with E-state index in [9.17, 15) is 4.79 Å². The number of pyridine rings is 1. The largest absolute Gasteiger partial charge is 0.356 e. The lowest BCUT2D eigenvalue weighted by molar-refractivity contribution is -0.123. The highest BCUT2D eigenvalue weighted by molar-refractivity contribution is 7.00. The van der Waals surface area contributed by atoms with Gasteiger partial charge in [-0.1, -0.05) is 6.07 Å². The molecular weight excluding hydrogens is 394 g/mol. The maximum absolute atomic E-state index is 12.6. The molecule has 2 aromatic heterocycles. The molecule has 1 aliphatic carbocycles. The number of likely N-dealkylation sites (tertiary alicyclic amines) is 1. The van der Waals surface area contributed by atoms with Crippen LogP contribution in [0.4, 0.5) is 0 Å². The van der Waals surface area contributed by atoms with Crippen molar-refractivity contribution >= 4 is 28.7 Å². The van der Waals surface area contributed by atoms with Gasteiger partial charge in [0.2, 0.25) is 5.91 Å². The molecule has 1 saturated carbocycles. The van der Waals surface area contributed by atoms with E-state index in [2.05, 4.69) is 42.1 Å². The number of nitrogens with zero attached hydrogens (tertiary/aromatic N) is 4. The molecule has 0 bridgehead atoms. The molecule has 2 fully saturated rings. The number of benzene rings is 1. The summed E-state index contributed by atoms with van der Waals surface area (Å²) in [6.07, 6.45) is 8.92. The summed E-state index contributed by atoms with van der Waals surface area (Å²) in [5, 5.41) is 3.17. The van der Waals surface area contributed by atoms with E-state index < -0.39 is 0 Å². The highest BCUT2D eigenvalue weighted by Crippen LogP contribution is 2.59. The Hall–Kier alpha value is -2.38. The quantitative estimate of drug-likeness (QED) is 0.592. The van der Waals surface area contributed by atoms with Gasteiger partial charge in [-0.2, -0.15) is 8.75 Å². The molecule has 0 radical (unpaired) electrons. The van der Waals surface area contributed by atoms with Crippen LogP contribution in [0.25, 0.3) is 11.0 Å². The molecule has 1 saturated heterocycles. The second kappa shape index (κ2) is 8.40. The van der Waals surface area contributed by atoms with Crippen molar-refractivity contribution in [2.24, 2.45) is 11.3 Å². The van der Waals surface area contributed by atoms with Crippen molar-refractivity contribution in [3.63, 3.8) is 0 Å². The van der Waals surface area contributed by atoms with Gasteiger partial charge in [-0.05, 0) is 86.0 Å². The van der Waals surface area contributed by atoms with Crippen LogP contribution in [0.15, 0.2) is 42.7 Å². The number of fused-ring (bicyclic) bond motifs is 1. The van der Waals surface area contributed by atoms with Crippen molar-refractivity contribution < 1.29 is 4.79 Å². The van der Waals surface area contributed by atoms with Crippen LogP contribution < -0.4 is 5.32 Å². The topological polar surface area (TPSA) is 71.0 Å². The van der Waals surface area contributed by atoms with Crippen molar-refractivity contribution in [2.45, 2.75) is 38.6 Å². The van der Waals surface area contributed by atoms with Gasteiger partial charge in [0.15, 0.2) is 0 Å². The van der Waals surface area contributed by atoms with Gasteiger partial charge in [0, 0.05) is 31.4 Å². The van der Waals surface area contributed by atoms with E-state index in [1.807, 2.05) is 24.5 Å². The van der Waals surface area contributed by atoms with E-state index >= 15 is 0 Å². The Morgan fingerprint density at radius 1 is 1.10 bits per heavy atom. The van der Waals surface area contributed by atoms with Crippen molar-refractivity contribution in [1.82, 2.24) is 23.9 Å². The molecule has 1 aliphatic heterocycles. The monoisotopic (exact) mass is 421 g/mol. The van der Waals surface area contributed by atoms with E-state index in [0.29, 0.717) is 0 Å². The predicted octanol–water partition coefficient (Wildman–Crippen LogP) is 3.44. The minimum Gasteiger partial charge on any atom is -0.356 e.